The highest BCUT2D eigenvalue weighted by Crippen LogP contribution is 2.40. The maximum atomic E-state index is 13.2. The Hall–Kier alpha value is -3.19. The zero-order valence-corrected chi connectivity index (χ0v) is 20.1. The Balaban J connectivity index is 1.80. The second-order valence-electron chi connectivity index (χ2n) is 8.11. The van der Waals surface area contributed by atoms with Crippen LogP contribution in [0.1, 0.15) is 31.4 Å². The van der Waals surface area contributed by atoms with E-state index in [1.807, 2.05) is 31.7 Å². The number of fused-ring (bicyclic) bond motifs is 2. The molecular formula is C22H24F3N5O4S. The van der Waals surface area contributed by atoms with Gasteiger partial charge in [0.25, 0.3) is 0 Å². The number of aryl methyl sites for hydroxylation is 2. The lowest BCUT2D eigenvalue weighted by molar-refractivity contribution is -0.0429. The molecule has 2 aromatic carbocycles. The number of alkyl halides is 3. The number of aromatic nitrogens is 1. The molecule has 1 aliphatic rings. The van der Waals surface area contributed by atoms with Crippen molar-refractivity contribution >= 4 is 43.9 Å². The minimum Gasteiger partial charge on any atom is -0.359 e. The molecule has 1 aromatic heterocycles. The van der Waals surface area contributed by atoms with Crippen molar-refractivity contribution in [2.24, 2.45) is 10.2 Å². The molecule has 188 valence electrons. The molecule has 9 nitrogen and oxygen atoms in total. The minimum absolute atomic E-state index is 0.0775. The lowest BCUT2D eigenvalue weighted by Crippen LogP contribution is -2.39. The van der Waals surface area contributed by atoms with Gasteiger partial charge in [-0.3, -0.25) is 4.72 Å². The second kappa shape index (κ2) is 9.46. The van der Waals surface area contributed by atoms with Crippen molar-refractivity contribution in [2.75, 3.05) is 22.8 Å². The summed E-state index contributed by atoms with van der Waals surface area (Å²) in [4.78, 5) is 1.88. The van der Waals surface area contributed by atoms with Gasteiger partial charge < -0.3 is 14.2 Å². The summed E-state index contributed by atoms with van der Waals surface area (Å²) in [5.41, 5.74) is -3.20. The van der Waals surface area contributed by atoms with Crippen LogP contribution in [0.2, 0.25) is 0 Å². The van der Waals surface area contributed by atoms with E-state index in [0.717, 1.165) is 17.5 Å². The van der Waals surface area contributed by atoms with Crippen LogP contribution in [0.25, 0.3) is 11.0 Å². The monoisotopic (exact) mass is 511 g/mol. The van der Waals surface area contributed by atoms with Crippen LogP contribution in [-0.2, 0) is 21.2 Å². The molecule has 0 aliphatic carbocycles. The fraction of sp³-hybridized carbons (Fsp3) is 0.409. The summed E-state index contributed by atoms with van der Waals surface area (Å²) in [5, 5.41) is 12.6. The normalized spacial score (nSPS) is 15.5. The molecule has 0 saturated carbocycles. The van der Waals surface area contributed by atoms with Gasteiger partial charge in [-0.15, -0.1) is 10.2 Å². The molecule has 4 rings (SSSR count). The molecule has 0 amide bonds. The van der Waals surface area contributed by atoms with Gasteiger partial charge >= 0.3 is 15.5 Å². The maximum absolute atomic E-state index is 13.2. The van der Waals surface area contributed by atoms with Crippen molar-refractivity contribution in [3.63, 3.8) is 0 Å². The Morgan fingerprint density at radius 3 is 2.74 bits per heavy atom. The summed E-state index contributed by atoms with van der Waals surface area (Å²) in [6, 6.07) is 8.20. The van der Waals surface area contributed by atoms with Crippen LogP contribution >= 0.6 is 0 Å². The average molecular weight is 512 g/mol. The van der Waals surface area contributed by atoms with Gasteiger partial charge in [-0.05, 0) is 63.4 Å². The van der Waals surface area contributed by atoms with Crippen molar-refractivity contribution in [1.82, 2.24) is 5.16 Å². The number of ether oxygens (including phenoxy) is 1. The van der Waals surface area contributed by atoms with E-state index in [0.29, 0.717) is 36.2 Å². The van der Waals surface area contributed by atoms with Gasteiger partial charge in [-0.2, -0.15) is 21.6 Å². The van der Waals surface area contributed by atoms with E-state index in [4.69, 9.17) is 9.26 Å². The van der Waals surface area contributed by atoms with Crippen LogP contribution in [-0.4, -0.2) is 38.5 Å². The molecule has 1 aliphatic heterocycles. The van der Waals surface area contributed by atoms with E-state index in [2.05, 4.69) is 15.4 Å². The third-order valence-electron chi connectivity index (χ3n) is 5.61. The standard InChI is InChI=1S/C22H24F3N5O4S/c1-4-33-14(3)30-9-5-6-15-11-17(18(12-19(15)30)29-35(31,32)22(23,24)25)26-27-21-16-10-13(2)7-8-20(16)34-28-21/h7-8,10-12,14,29H,4-6,9H2,1-3H3. The topological polar surface area (TPSA) is 109 Å². The number of halogens is 3. The Kier molecular flexibility index (Phi) is 6.73. The number of nitrogens with zero attached hydrogens (tertiary/aromatic N) is 4. The fourth-order valence-electron chi connectivity index (χ4n) is 3.94. The first-order valence-electron chi connectivity index (χ1n) is 10.9. The van der Waals surface area contributed by atoms with Crippen molar-refractivity contribution in [1.29, 1.82) is 0 Å². The lowest BCUT2D eigenvalue weighted by atomic mass is 10.00. The number of benzene rings is 2. The summed E-state index contributed by atoms with van der Waals surface area (Å²) >= 11 is 0. The van der Waals surface area contributed by atoms with Crippen LogP contribution < -0.4 is 9.62 Å². The molecule has 1 atom stereocenters. The number of sulfonamides is 1. The molecule has 3 aromatic rings. The van der Waals surface area contributed by atoms with Crippen molar-refractivity contribution in [3.8, 4) is 0 Å². The van der Waals surface area contributed by atoms with E-state index < -0.39 is 15.5 Å². The number of azo groups is 1. The summed E-state index contributed by atoms with van der Waals surface area (Å²) in [7, 11) is -5.70. The van der Waals surface area contributed by atoms with Gasteiger partial charge in [0, 0.05) is 18.8 Å². The van der Waals surface area contributed by atoms with Gasteiger partial charge in [-0.1, -0.05) is 16.8 Å². The molecule has 1 unspecified atom stereocenters. The number of hydrogen-bond acceptors (Lipinski definition) is 8. The molecule has 0 spiro atoms. The Labute approximate surface area is 200 Å². The average Bonchev–Trinajstić information content (AvgIpc) is 3.18. The highest BCUT2D eigenvalue weighted by Gasteiger charge is 2.46. The third-order valence-corrected chi connectivity index (χ3v) is 6.70. The van der Waals surface area contributed by atoms with Crippen LogP contribution in [0.4, 0.5) is 36.1 Å². The summed E-state index contributed by atoms with van der Waals surface area (Å²) in [6.07, 6.45) is 1.05. The first-order valence-corrected chi connectivity index (χ1v) is 12.4. The highest BCUT2D eigenvalue weighted by molar-refractivity contribution is 7.93. The van der Waals surface area contributed by atoms with Crippen molar-refractivity contribution in [3.05, 3.63) is 41.5 Å². The van der Waals surface area contributed by atoms with Crippen LogP contribution in [0.3, 0.4) is 0 Å². The Morgan fingerprint density at radius 1 is 1.26 bits per heavy atom. The van der Waals surface area contributed by atoms with Crippen LogP contribution in [0.5, 0.6) is 0 Å². The van der Waals surface area contributed by atoms with Crippen LogP contribution in [0, 0.1) is 6.92 Å². The Morgan fingerprint density at radius 2 is 2.03 bits per heavy atom. The van der Waals surface area contributed by atoms with Crippen molar-refractivity contribution in [2.45, 2.75) is 45.3 Å². The predicted molar refractivity (Wildman–Crippen MR) is 125 cm³/mol. The first-order chi connectivity index (χ1) is 16.5. The smallest absolute Gasteiger partial charge is 0.359 e. The number of hydrogen-bond donors (Lipinski definition) is 1. The zero-order chi connectivity index (χ0) is 25.4. The largest absolute Gasteiger partial charge is 0.516 e. The van der Waals surface area contributed by atoms with Gasteiger partial charge in [0.15, 0.2) is 5.58 Å². The van der Waals surface area contributed by atoms with E-state index in [1.54, 1.807) is 16.9 Å². The van der Waals surface area contributed by atoms with Gasteiger partial charge in [-0.25, -0.2) is 0 Å². The third kappa shape index (κ3) is 5.10. The van der Waals surface area contributed by atoms with Gasteiger partial charge in [0.2, 0.25) is 5.82 Å². The van der Waals surface area contributed by atoms with E-state index in [1.165, 1.54) is 12.1 Å². The quantitative estimate of drug-likeness (QED) is 0.393. The Bertz CT molecular complexity index is 1370. The molecule has 2 heterocycles. The number of rotatable bonds is 7. The summed E-state index contributed by atoms with van der Waals surface area (Å²) < 4.78 is 75.8. The number of anilines is 2. The van der Waals surface area contributed by atoms with E-state index in [9.17, 15) is 21.6 Å². The fourth-order valence-corrected chi connectivity index (χ4v) is 4.51. The second-order valence-corrected chi connectivity index (χ2v) is 9.78. The van der Waals surface area contributed by atoms with Gasteiger partial charge in [0.1, 0.15) is 11.9 Å². The molecule has 0 bridgehead atoms. The maximum Gasteiger partial charge on any atom is 0.516 e. The van der Waals surface area contributed by atoms with Gasteiger partial charge in [0.05, 0.1) is 11.1 Å². The molecule has 0 radical (unpaired) electrons. The lowest BCUT2D eigenvalue weighted by Gasteiger charge is -2.36. The molecular weight excluding hydrogens is 487 g/mol. The first kappa shape index (κ1) is 24.9. The summed E-state index contributed by atoms with van der Waals surface area (Å²) in [6.45, 7) is 6.57. The zero-order valence-electron chi connectivity index (χ0n) is 19.3. The molecule has 0 fully saturated rings. The molecule has 0 saturated heterocycles. The predicted octanol–water partition coefficient (Wildman–Crippen LogP) is 5.95. The number of nitrogens with one attached hydrogen (secondary N) is 1. The highest BCUT2D eigenvalue weighted by atomic mass is 32.2. The SMILES string of the molecule is CCOC(C)N1CCCc2cc(N=Nc3noc4ccc(C)cc34)c(NS(=O)(=O)C(F)(F)F)cc21. The van der Waals surface area contributed by atoms with E-state index in [-0.39, 0.29) is 23.4 Å². The van der Waals surface area contributed by atoms with Crippen LogP contribution in [0.15, 0.2) is 45.1 Å². The molecule has 35 heavy (non-hydrogen) atoms. The van der Waals surface area contributed by atoms with Crippen molar-refractivity contribution < 1.29 is 30.8 Å². The van der Waals surface area contributed by atoms with E-state index >= 15 is 0 Å². The molecule has 13 heteroatoms. The minimum atomic E-state index is -5.70. The summed E-state index contributed by atoms with van der Waals surface area (Å²) in [5.74, 6) is 0.123. The molecule has 1 N–H and O–H groups in total.